The van der Waals surface area contributed by atoms with E-state index in [9.17, 15) is 9.18 Å². The molecule has 1 heterocycles. The third kappa shape index (κ3) is 3.27. The van der Waals surface area contributed by atoms with Gasteiger partial charge in [-0.3, -0.25) is 4.79 Å². The standard InChI is InChI=1S/C13H17FN2O/c14-12-5-3-4-11(10-12)13(17)16-8-2-1-6-15-7-9-16/h3-5,10,15H,1-2,6-9H2. The van der Waals surface area contributed by atoms with Crippen LogP contribution < -0.4 is 5.32 Å². The molecule has 0 spiro atoms. The van der Waals surface area contributed by atoms with Crippen LogP contribution in [0.4, 0.5) is 4.39 Å². The molecule has 0 aliphatic carbocycles. The van der Waals surface area contributed by atoms with Gasteiger partial charge < -0.3 is 10.2 Å². The maximum atomic E-state index is 13.1. The summed E-state index contributed by atoms with van der Waals surface area (Å²) in [5.74, 6) is -0.436. The first-order valence-electron chi connectivity index (χ1n) is 6.03. The van der Waals surface area contributed by atoms with Crippen molar-refractivity contribution < 1.29 is 9.18 Å². The van der Waals surface area contributed by atoms with Gasteiger partial charge >= 0.3 is 0 Å². The lowest BCUT2D eigenvalue weighted by atomic mass is 10.1. The fourth-order valence-corrected chi connectivity index (χ4v) is 2.01. The summed E-state index contributed by atoms with van der Waals surface area (Å²) in [7, 11) is 0. The number of carbonyl (C=O) groups excluding carboxylic acids is 1. The number of hydrogen-bond acceptors (Lipinski definition) is 2. The lowest BCUT2D eigenvalue weighted by Crippen LogP contribution is -2.40. The molecule has 3 nitrogen and oxygen atoms in total. The molecule has 0 radical (unpaired) electrons. The molecule has 0 saturated carbocycles. The summed E-state index contributed by atoms with van der Waals surface area (Å²) < 4.78 is 13.1. The predicted molar refractivity (Wildman–Crippen MR) is 64.4 cm³/mol. The van der Waals surface area contributed by atoms with Gasteiger partial charge in [-0.2, -0.15) is 0 Å². The van der Waals surface area contributed by atoms with Crippen LogP contribution >= 0.6 is 0 Å². The lowest BCUT2D eigenvalue weighted by Gasteiger charge is -2.25. The zero-order valence-corrected chi connectivity index (χ0v) is 9.79. The Morgan fingerprint density at radius 3 is 2.94 bits per heavy atom. The minimum atomic E-state index is -0.360. The van der Waals surface area contributed by atoms with Crippen LogP contribution in [0.5, 0.6) is 0 Å². The largest absolute Gasteiger partial charge is 0.337 e. The van der Waals surface area contributed by atoms with Gasteiger partial charge in [0.25, 0.3) is 5.91 Å². The Hall–Kier alpha value is -1.42. The minimum Gasteiger partial charge on any atom is -0.337 e. The van der Waals surface area contributed by atoms with E-state index in [2.05, 4.69) is 5.32 Å². The van der Waals surface area contributed by atoms with E-state index in [1.54, 1.807) is 17.0 Å². The Balaban J connectivity index is 2.07. The molecule has 1 aromatic carbocycles. The molecule has 4 heteroatoms. The topological polar surface area (TPSA) is 32.3 Å². The molecule has 1 fully saturated rings. The van der Waals surface area contributed by atoms with Crippen molar-refractivity contribution in [2.24, 2.45) is 0 Å². The summed E-state index contributed by atoms with van der Waals surface area (Å²) in [5.41, 5.74) is 0.436. The fourth-order valence-electron chi connectivity index (χ4n) is 2.01. The van der Waals surface area contributed by atoms with Gasteiger partial charge in [-0.15, -0.1) is 0 Å². The van der Waals surface area contributed by atoms with Crippen molar-refractivity contribution in [1.29, 1.82) is 0 Å². The van der Waals surface area contributed by atoms with Crippen molar-refractivity contribution in [3.8, 4) is 0 Å². The molecule has 0 bridgehead atoms. The van der Waals surface area contributed by atoms with E-state index in [4.69, 9.17) is 0 Å². The predicted octanol–water partition coefficient (Wildman–Crippen LogP) is 1.65. The van der Waals surface area contributed by atoms with Crippen molar-refractivity contribution in [2.45, 2.75) is 12.8 Å². The van der Waals surface area contributed by atoms with Crippen LogP contribution in [0, 0.1) is 5.82 Å². The highest BCUT2D eigenvalue weighted by Gasteiger charge is 2.16. The summed E-state index contributed by atoms with van der Waals surface area (Å²) in [4.78, 5) is 13.9. The van der Waals surface area contributed by atoms with Crippen LogP contribution in [0.2, 0.25) is 0 Å². The van der Waals surface area contributed by atoms with Gasteiger partial charge in [0.1, 0.15) is 5.82 Å². The Labute approximate surface area is 101 Å². The summed E-state index contributed by atoms with van der Waals surface area (Å²) in [6, 6.07) is 5.89. The SMILES string of the molecule is O=C(c1cccc(F)c1)N1CCCCNCC1. The van der Waals surface area contributed by atoms with Crippen LogP contribution in [0.15, 0.2) is 24.3 Å². The minimum absolute atomic E-state index is 0.0757. The zero-order chi connectivity index (χ0) is 12.1. The highest BCUT2D eigenvalue weighted by molar-refractivity contribution is 5.94. The second kappa shape index (κ2) is 5.77. The average molecular weight is 236 g/mol. The molecule has 92 valence electrons. The second-order valence-electron chi connectivity index (χ2n) is 4.26. The molecule has 1 amide bonds. The third-order valence-corrected chi connectivity index (χ3v) is 2.95. The number of nitrogens with zero attached hydrogens (tertiary/aromatic N) is 1. The van der Waals surface area contributed by atoms with Crippen molar-refractivity contribution in [2.75, 3.05) is 26.2 Å². The summed E-state index contributed by atoms with van der Waals surface area (Å²) >= 11 is 0. The molecule has 0 unspecified atom stereocenters. The van der Waals surface area contributed by atoms with Crippen LogP contribution in [0.1, 0.15) is 23.2 Å². The van der Waals surface area contributed by atoms with Gasteiger partial charge in [0.15, 0.2) is 0 Å². The molecule has 0 aromatic heterocycles. The van der Waals surface area contributed by atoms with E-state index >= 15 is 0 Å². The van der Waals surface area contributed by atoms with Gasteiger partial charge in [0, 0.05) is 25.2 Å². The number of hydrogen-bond donors (Lipinski definition) is 1. The van der Waals surface area contributed by atoms with Crippen LogP contribution in [0.3, 0.4) is 0 Å². The molecular weight excluding hydrogens is 219 g/mol. The summed E-state index contributed by atoms with van der Waals surface area (Å²) in [6.07, 6.45) is 2.07. The smallest absolute Gasteiger partial charge is 0.254 e. The van der Waals surface area contributed by atoms with Gasteiger partial charge in [0.05, 0.1) is 0 Å². The number of halogens is 1. The van der Waals surface area contributed by atoms with Crippen LogP contribution in [-0.4, -0.2) is 37.0 Å². The quantitative estimate of drug-likeness (QED) is 0.804. The van der Waals surface area contributed by atoms with E-state index in [1.807, 2.05) is 0 Å². The number of nitrogens with one attached hydrogen (secondary N) is 1. The molecule has 1 aliphatic rings. The van der Waals surface area contributed by atoms with Gasteiger partial charge in [0.2, 0.25) is 0 Å². The van der Waals surface area contributed by atoms with E-state index in [0.29, 0.717) is 12.1 Å². The molecule has 1 saturated heterocycles. The van der Waals surface area contributed by atoms with Gasteiger partial charge in [-0.05, 0) is 37.6 Å². The van der Waals surface area contributed by atoms with E-state index in [0.717, 1.165) is 32.5 Å². The van der Waals surface area contributed by atoms with Gasteiger partial charge in [-0.25, -0.2) is 4.39 Å². The van der Waals surface area contributed by atoms with E-state index in [1.165, 1.54) is 12.1 Å². The maximum Gasteiger partial charge on any atom is 0.254 e. The average Bonchev–Trinajstić information content (AvgIpc) is 2.28. The number of rotatable bonds is 1. The summed E-state index contributed by atoms with van der Waals surface area (Å²) in [5, 5.41) is 3.27. The van der Waals surface area contributed by atoms with Gasteiger partial charge in [-0.1, -0.05) is 6.07 Å². The van der Waals surface area contributed by atoms with Crippen molar-refractivity contribution >= 4 is 5.91 Å². The Morgan fingerprint density at radius 1 is 1.24 bits per heavy atom. The Bertz CT molecular complexity index is 387. The zero-order valence-electron chi connectivity index (χ0n) is 9.79. The monoisotopic (exact) mass is 236 g/mol. The molecule has 1 N–H and O–H groups in total. The molecular formula is C13H17FN2O. The van der Waals surface area contributed by atoms with Crippen molar-refractivity contribution in [3.63, 3.8) is 0 Å². The number of benzene rings is 1. The molecule has 2 rings (SSSR count). The van der Waals surface area contributed by atoms with Crippen molar-refractivity contribution in [3.05, 3.63) is 35.6 Å². The first kappa shape index (κ1) is 12.0. The molecule has 0 atom stereocenters. The first-order chi connectivity index (χ1) is 8.27. The Kier molecular flexibility index (Phi) is 4.09. The Morgan fingerprint density at radius 2 is 2.12 bits per heavy atom. The number of amides is 1. The highest BCUT2D eigenvalue weighted by Crippen LogP contribution is 2.09. The van der Waals surface area contributed by atoms with Crippen molar-refractivity contribution in [1.82, 2.24) is 10.2 Å². The number of carbonyl (C=O) groups is 1. The van der Waals surface area contributed by atoms with Crippen LogP contribution in [-0.2, 0) is 0 Å². The first-order valence-corrected chi connectivity index (χ1v) is 6.03. The molecule has 1 aliphatic heterocycles. The lowest BCUT2D eigenvalue weighted by molar-refractivity contribution is 0.0747. The normalized spacial score (nSPS) is 17.4. The second-order valence-corrected chi connectivity index (χ2v) is 4.26. The van der Waals surface area contributed by atoms with Crippen LogP contribution in [0.25, 0.3) is 0 Å². The fraction of sp³-hybridized carbons (Fsp3) is 0.462. The highest BCUT2D eigenvalue weighted by atomic mass is 19.1. The summed E-state index contributed by atoms with van der Waals surface area (Å²) in [6.45, 7) is 3.27. The third-order valence-electron chi connectivity index (χ3n) is 2.95. The molecule has 1 aromatic rings. The maximum absolute atomic E-state index is 13.1. The van der Waals surface area contributed by atoms with E-state index in [-0.39, 0.29) is 11.7 Å². The molecule has 17 heavy (non-hydrogen) atoms. The van der Waals surface area contributed by atoms with E-state index < -0.39 is 0 Å².